The molecule has 0 unspecified atom stereocenters. The van der Waals surface area contributed by atoms with Crippen molar-refractivity contribution in [1.82, 2.24) is 24.9 Å². The third-order valence-electron chi connectivity index (χ3n) is 7.13. The number of hydrogen-bond acceptors (Lipinski definition) is 5. The van der Waals surface area contributed by atoms with Crippen LogP contribution in [0.3, 0.4) is 0 Å². The summed E-state index contributed by atoms with van der Waals surface area (Å²) in [4.78, 5) is 23.1. The van der Waals surface area contributed by atoms with Crippen molar-refractivity contribution >= 4 is 0 Å². The zero-order valence-electron chi connectivity index (χ0n) is 22.7. The maximum atomic E-state index is 4.85. The molecule has 0 aliphatic carbocycles. The molecule has 0 fully saturated rings. The first kappa shape index (κ1) is 25.2. The fraction of sp³-hybridized carbons (Fsp3) is 0. The molecule has 4 aromatic carbocycles. The van der Waals surface area contributed by atoms with Crippen molar-refractivity contribution in [2.24, 2.45) is 0 Å². The standard InChI is InChI=1S/C37H25N5/c1-3-7-30(8-4-1)35-40-36(31-9-5-2-6-10-31)42-37(41-35)32-17-15-27(16-18-32)26-11-13-28(14-12-26)33-21-24-39-34(25-33)29-19-22-38-23-20-29/h1-25H. The lowest BCUT2D eigenvalue weighted by molar-refractivity contribution is 1.07. The van der Waals surface area contributed by atoms with E-state index in [9.17, 15) is 0 Å². The van der Waals surface area contributed by atoms with E-state index in [1.165, 1.54) is 0 Å². The van der Waals surface area contributed by atoms with Crippen LogP contribution in [0.4, 0.5) is 0 Å². The predicted molar refractivity (Wildman–Crippen MR) is 168 cm³/mol. The average Bonchev–Trinajstić information content (AvgIpc) is 3.09. The van der Waals surface area contributed by atoms with E-state index in [-0.39, 0.29) is 0 Å². The second-order valence-corrected chi connectivity index (χ2v) is 9.86. The topological polar surface area (TPSA) is 64.5 Å². The number of rotatable bonds is 6. The van der Waals surface area contributed by atoms with Crippen molar-refractivity contribution in [1.29, 1.82) is 0 Å². The summed E-state index contributed by atoms with van der Waals surface area (Å²) in [6.45, 7) is 0. The van der Waals surface area contributed by atoms with E-state index >= 15 is 0 Å². The molecule has 5 heteroatoms. The fourth-order valence-corrected chi connectivity index (χ4v) is 4.90. The highest BCUT2D eigenvalue weighted by Crippen LogP contribution is 2.29. The SMILES string of the molecule is c1ccc(-c2nc(-c3ccccc3)nc(-c3ccc(-c4ccc(-c5ccnc(-c6ccncc6)c5)cc4)cc3)n2)cc1. The predicted octanol–water partition coefficient (Wildman–Crippen LogP) is 8.66. The number of aromatic nitrogens is 5. The van der Waals surface area contributed by atoms with E-state index in [1.807, 2.05) is 85.1 Å². The van der Waals surface area contributed by atoms with Crippen LogP contribution in [-0.2, 0) is 0 Å². The van der Waals surface area contributed by atoms with Crippen molar-refractivity contribution in [3.05, 3.63) is 152 Å². The normalized spacial score (nSPS) is 10.9. The molecule has 0 saturated carbocycles. The molecule has 7 aromatic rings. The van der Waals surface area contributed by atoms with Crippen molar-refractivity contribution in [2.75, 3.05) is 0 Å². The van der Waals surface area contributed by atoms with Gasteiger partial charge in [0.1, 0.15) is 0 Å². The molecule has 0 radical (unpaired) electrons. The number of pyridine rings is 2. The summed E-state index contributed by atoms with van der Waals surface area (Å²) < 4.78 is 0. The van der Waals surface area contributed by atoms with Gasteiger partial charge in [0.15, 0.2) is 17.5 Å². The summed E-state index contributed by atoms with van der Waals surface area (Å²) in [5, 5.41) is 0. The molecule has 0 spiro atoms. The summed E-state index contributed by atoms with van der Waals surface area (Å²) in [5.41, 5.74) is 9.35. The molecule has 198 valence electrons. The zero-order valence-corrected chi connectivity index (χ0v) is 22.7. The van der Waals surface area contributed by atoms with Gasteiger partial charge in [-0.05, 0) is 46.5 Å². The Labute approximate surface area is 244 Å². The lowest BCUT2D eigenvalue weighted by Gasteiger charge is -2.09. The Bertz CT molecular complexity index is 1880. The first-order valence-electron chi connectivity index (χ1n) is 13.7. The monoisotopic (exact) mass is 539 g/mol. The Balaban J connectivity index is 1.18. The van der Waals surface area contributed by atoms with Gasteiger partial charge in [-0.15, -0.1) is 0 Å². The van der Waals surface area contributed by atoms with Crippen molar-refractivity contribution in [3.63, 3.8) is 0 Å². The third-order valence-corrected chi connectivity index (χ3v) is 7.13. The van der Waals surface area contributed by atoms with Gasteiger partial charge < -0.3 is 0 Å². The van der Waals surface area contributed by atoms with Gasteiger partial charge in [-0.2, -0.15) is 0 Å². The first-order chi connectivity index (χ1) is 20.8. The average molecular weight is 540 g/mol. The molecule has 3 aromatic heterocycles. The van der Waals surface area contributed by atoms with Gasteiger partial charge in [-0.3, -0.25) is 9.97 Å². The minimum Gasteiger partial charge on any atom is -0.265 e. The highest BCUT2D eigenvalue weighted by molar-refractivity contribution is 5.75. The minimum atomic E-state index is 0.646. The number of hydrogen-bond donors (Lipinski definition) is 0. The Morgan fingerprint density at radius 3 is 1.21 bits per heavy atom. The van der Waals surface area contributed by atoms with Crippen LogP contribution >= 0.6 is 0 Å². The Hall–Kier alpha value is -5.81. The first-order valence-corrected chi connectivity index (χ1v) is 13.7. The van der Waals surface area contributed by atoms with Crippen molar-refractivity contribution < 1.29 is 0 Å². The minimum absolute atomic E-state index is 0.646. The summed E-state index contributed by atoms with van der Waals surface area (Å²) in [6, 6.07) is 45.1. The molecule has 0 bridgehead atoms. The highest BCUT2D eigenvalue weighted by Gasteiger charge is 2.12. The van der Waals surface area contributed by atoms with Gasteiger partial charge >= 0.3 is 0 Å². The van der Waals surface area contributed by atoms with Crippen LogP contribution in [0, 0.1) is 0 Å². The van der Waals surface area contributed by atoms with Crippen LogP contribution in [0.1, 0.15) is 0 Å². The van der Waals surface area contributed by atoms with Gasteiger partial charge in [0.25, 0.3) is 0 Å². The molecular weight excluding hydrogens is 514 g/mol. The Morgan fingerprint density at radius 2 is 0.714 bits per heavy atom. The fourth-order valence-electron chi connectivity index (χ4n) is 4.90. The summed E-state index contributed by atoms with van der Waals surface area (Å²) in [6.07, 6.45) is 5.43. The van der Waals surface area contributed by atoms with Crippen LogP contribution in [-0.4, -0.2) is 24.9 Å². The second-order valence-electron chi connectivity index (χ2n) is 9.86. The quantitative estimate of drug-likeness (QED) is 0.212. The van der Waals surface area contributed by atoms with Crippen LogP contribution < -0.4 is 0 Å². The molecule has 0 aliphatic heterocycles. The molecule has 7 rings (SSSR count). The molecule has 0 amide bonds. The smallest absolute Gasteiger partial charge is 0.164 e. The molecule has 0 N–H and O–H groups in total. The van der Waals surface area contributed by atoms with Gasteiger partial charge in [0.05, 0.1) is 5.69 Å². The summed E-state index contributed by atoms with van der Waals surface area (Å²) >= 11 is 0. The third kappa shape index (κ3) is 5.31. The lowest BCUT2D eigenvalue weighted by Crippen LogP contribution is -2.00. The van der Waals surface area contributed by atoms with E-state index in [1.54, 1.807) is 12.4 Å². The Kier molecular flexibility index (Phi) is 6.81. The van der Waals surface area contributed by atoms with E-state index in [4.69, 9.17) is 15.0 Å². The van der Waals surface area contributed by atoms with E-state index in [0.717, 1.165) is 50.2 Å². The van der Waals surface area contributed by atoms with Crippen LogP contribution in [0.25, 0.3) is 67.7 Å². The van der Waals surface area contributed by atoms with Gasteiger partial charge in [-0.1, -0.05) is 109 Å². The van der Waals surface area contributed by atoms with Gasteiger partial charge in [-0.25, -0.2) is 15.0 Å². The molecule has 0 atom stereocenters. The summed E-state index contributed by atoms with van der Waals surface area (Å²) in [5.74, 6) is 1.96. The number of benzene rings is 4. The lowest BCUT2D eigenvalue weighted by atomic mass is 9.99. The van der Waals surface area contributed by atoms with Gasteiger partial charge in [0.2, 0.25) is 0 Å². The Morgan fingerprint density at radius 1 is 0.310 bits per heavy atom. The molecule has 0 saturated heterocycles. The maximum absolute atomic E-state index is 4.85. The van der Waals surface area contributed by atoms with Crippen molar-refractivity contribution in [3.8, 4) is 67.7 Å². The van der Waals surface area contributed by atoms with Crippen molar-refractivity contribution in [2.45, 2.75) is 0 Å². The molecule has 42 heavy (non-hydrogen) atoms. The molecule has 3 heterocycles. The van der Waals surface area contributed by atoms with Gasteiger partial charge in [0, 0.05) is 40.8 Å². The van der Waals surface area contributed by atoms with E-state index in [2.05, 4.69) is 64.6 Å². The second kappa shape index (κ2) is 11.4. The highest BCUT2D eigenvalue weighted by atomic mass is 15.0. The van der Waals surface area contributed by atoms with Crippen LogP contribution in [0.2, 0.25) is 0 Å². The van der Waals surface area contributed by atoms with E-state index < -0.39 is 0 Å². The molecule has 0 aliphatic rings. The zero-order chi connectivity index (χ0) is 28.1. The number of nitrogens with zero attached hydrogens (tertiary/aromatic N) is 5. The summed E-state index contributed by atoms with van der Waals surface area (Å²) in [7, 11) is 0. The van der Waals surface area contributed by atoms with Crippen LogP contribution in [0.5, 0.6) is 0 Å². The molecule has 5 nitrogen and oxygen atoms in total. The maximum Gasteiger partial charge on any atom is 0.164 e. The largest absolute Gasteiger partial charge is 0.265 e. The molecular formula is C37H25N5. The van der Waals surface area contributed by atoms with Crippen LogP contribution in [0.15, 0.2) is 152 Å². The van der Waals surface area contributed by atoms with E-state index in [0.29, 0.717) is 17.5 Å².